The highest BCUT2D eigenvalue weighted by molar-refractivity contribution is 5.93. The molecule has 6 aromatic rings. The van der Waals surface area contributed by atoms with Gasteiger partial charge >= 0.3 is 12.2 Å². The van der Waals surface area contributed by atoms with E-state index in [0.29, 0.717) is 40.0 Å². The summed E-state index contributed by atoms with van der Waals surface area (Å²) >= 11 is 0. The van der Waals surface area contributed by atoms with E-state index in [1.165, 1.54) is 36.3 Å². The molecule has 3 aromatic heterocycles. The van der Waals surface area contributed by atoms with Crippen molar-refractivity contribution < 1.29 is 51.3 Å². The third kappa shape index (κ3) is 9.53. The van der Waals surface area contributed by atoms with Crippen LogP contribution < -0.4 is 20.1 Å². The molecule has 1 unspecified atom stereocenters. The van der Waals surface area contributed by atoms with E-state index in [-0.39, 0.29) is 55.2 Å². The smallest absolute Gasteiger partial charge is 0.407 e. The molecule has 4 amide bonds. The molecule has 17 nitrogen and oxygen atoms in total. The Morgan fingerprint density at radius 1 is 0.736 bits per heavy atom. The zero-order valence-electron chi connectivity index (χ0n) is 41.2. The minimum atomic E-state index is -1.35. The number of alkyl carbamates (subject to hydrolysis) is 2. The highest BCUT2D eigenvalue weighted by atomic mass is 19.1. The predicted molar refractivity (Wildman–Crippen MR) is 260 cm³/mol. The molecule has 2 fully saturated rings. The zero-order valence-corrected chi connectivity index (χ0v) is 41.2. The van der Waals surface area contributed by atoms with Crippen molar-refractivity contribution in [1.29, 1.82) is 0 Å². The molecular weight excluding hydrogens is 936 g/mol. The maximum atomic E-state index is 17.0. The largest absolute Gasteiger partial charge is 0.491 e. The second-order valence-electron chi connectivity index (χ2n) is 19.5. The molecule has 0 aliphatic carbocycles. The van der Waals surface area contributed by atoms with Gasteiger partial charge < -0.3 is 53.9 Å². The lowest BCUT2D eigenvalue weighted by atomic mass is 10.0. The Kier molecular flexibility index (Phi) is 13.7. The van der Waals surface area contributed by atoms with Crippen molar-refractivity contribution in [2.75, 3.05) is 27.3 Å². The van der Waals surface area contributed by atoms with Crippen molar-refractivity contribution in [3.05, 3.63) is 96.1 Å². The van der Waals surface area contributed by atoms with Crippen LogP contribution in [0.4, 0.5) is 22.8 Å². The lowest BCUT2D eigenvalue weighted by molar-refractivity contribution is -0.136. The van der Waals surface area contributed by atoms with Crippen LogP contribution in [0.1, 0.15) is 89.9 Å². The first-order chi connectivity index (χ1) is 34.4. The molecule has 3 aromatic carbocycles. The summed E-state index contributed by atoms with van der Waals surface area (Å²) in [6.45, 7) is 10.6. The number of rotatable bonds is 13. The van der Waals surface area contributed by atoms with E-state index in [0.717, 1.165) is 22.0 Å². The molecule has 7 atom stereocenters. The standard InChI is InChI=1S/C52H58F3N9O8/c1-25(2)44(60-51(67)69-7)48(65)62-23-32(53)19-40(62)46-56-21-36(58-46)28-12-13-38-31(14-28)17-39-43-35(55)16-30(18-42(43)72-50(64(38)39)29-10-9-11-34(15-29)71-27(5)6)37-22-57-47(59-37)41-20-33(54)24-63(41)49(66)45(26(3)4)61-52(68)70-8/h9-18,21-22,25-27,32-33,40-41,44-45,50H,19-20,23-24H2,1-8H3,(H,56,58)(H,57,59)(H,60,67)(H,61,68)/t32-,33-,40+,41+,44-,45-,50?/m1/s1. The van der Waals surface area contributed by atoms with E-state index in [2.05, 4.69) is 30.6 Å². The molecule has 20 heteroatoms. The maximum absolute atomic E-state index is 17.0. The summed E-state index contributed by atoms with van der Waals surface area (Å²) < 4.78 is 71.5. The summed E-state index contributed by atoms with van der Waals surface area (Å²) in [6, 6.07) is 14.8. The topological polar surface area (TPSA) is 198 Å². The van der Waals surface area contributed by atoms with Crippen LogP contribution in [-0.4, -0.2) is 116 Å². The number of carbonyl (C=O) groups is 4. The highest BCUT2D eigenvalue weighted by Crippen LogP contribution is 2.48. The van der Waals surface area contributed by atoms with E-state index < -0.39 is 72.6 Å². The molecule has 3 aliphatic heterocycles. The fraction of sp³-hybridized carbons (Fsp3) is 0.423. The number of ether oxygens (including phenoxy) is 4. The fourth-order valence-corrected chi connectivity index (χ4v) is 9.97. The van der Waals surface area contributed by atoms with Gasteiger partial charge in [0.25, 0.3) is 0 Å². The maximum Gasteiger partial charge on any atom is 0.407 e. The van der Waals surface area contributed by atoms with Crippen LogP contribution in [0.5, 0.6) is 11.5 Å². The predicted octanol–water partition coefficient (Wildman–Crippen LogP) is 8.94. The number of benzene rings is 3. The van der Waals surface area contributed by atoms with Crippen LogP contribution in [0.2, 0.25) is 0 Å². The summed E-state index contributed by atoms with van der Waals surface area (Å²) in [7, 11) is 2.41. The molecule has 380 valence electrons. The number of aromatic amines is 2. The van der Waals surface area contributed by atoms with Gasteiger partial charge in [-0.1, -0.05) is 45.9 Å². The monoisotopic (exact) mass is 993 g/mol. The minimum absolute atomic E-state index is 0.0161. The number of fused-ring (bicyclic) bond motifs is 5. The van der Waals surface area contributed by atoms with Crippen LogP contribution in [0.25, 0.3) is 44.7 Å². The molecular formula is C52H58F3N9O8. The van der Waals surface area contributed by atoms with Gasteiger partial charge in [0.15, 0.2) is 0 Å². The van der Waals surface area contributed by atoms with Gasteiger partial charge in [0, 0.05) is 34.9 Å². The minimum Gasteiger partial charge on any atom is -0.491 e. The van der Waals surface area contributed by atoms with Crippen LogP contribution in [-0.2, 0) is 19.1 Å². The summed E-state index contributed by atoms with van der Waals surface area (Å²) in [6.07, 6.45) is -1.99. The Labute approximate surface area is 413 Å². The molecule has 0 bridgehead atoms. The number of hydrogen-bond acceptors (Lipinski definition) is 10. The van der Waals surface area contributed by atoms with Gasteiger partial charge in [-0.25, -0.2) is 32.7 Å². The highest BCUT2D eigenvalue weighted by Gasteiger charge is 2.43. The lowest BCUT2D eigenvalue weighted by Gasteiger charge is -2.31. The van der Waals surface area contributed by atoms with Crippen molar-refractivity contribution >= 4 is 34.9 Å². The number of methoxy groups -OCH3 is 2. The molecule has 0 saturated carbocycles. The van der Waals surface area contributed by atoms with Gasteiger partial charge in [0.2, 0.25) is 18.0 Å². The molecule has 4 N–H and O–H groups in total. The van der Waals surface area contributed by atoms with E-state index in [9.17, 15) is 19.2 Å². The van der Waals surface area contributed by atoms with Gasteiger partial charge in [0.1, 0.15) is 53.4 Å². The lowest BCUT2D eigenvalue weighted by Crippen LogP contribution is -2.51. The first-order valence-electron chi connectivity index (χ1n) is 24.0. The Balaban J connectivity index is 1.06. The van der Waals surface area contributed by atoms with Crippen LogP contribution in [0.15, 0.2) is 73.1 Å². The number of alkyl halides is 2. The Morgan fingerprint density at radius 2 is 1.31 bits per heavy atom. The van der Waals surface area contributed by atoms with Crippen LogP contribution in [0, 0.1) is 17.7 Å². The molecule has 0 radical (unpaired) electrons. The van der Waals surface area contributed by atoms with Gasteiger partial charge in [-0.05, 0) is 68.1 Å². The second kappa shape index (κ2) is 19.9. The van der Waals surface area contributed by atoms with Crippen LogP contribution in [0.3, 0.4) is 0 Å². The van der Waals surface area contributed by atoms with E-state index in [1.807, 2.05) is 66.9 Å². The zero-order chi connectivity index (χ0) is 51.3. The molecule has 6 heterocycles. The normalized spacial score (nSPS) is 20.3. The molecule has 3 aliphatic rings. The number of amides is 4. The molecule has 2 saturated heterocycles. The quantitative estimate of drug-likeness (QED) is 0.0867. The summed E-state index contributed by atoms with van der Waals surface area (Å²) in [5, 5.41) is 5.90. The van der Waals surface area contributed by atoms with Gasteiger partial charge in [-0.3, -0.25) is 9.59 Å². The van der Waals surface area contributed by atoms with E-state index >= 15 is 13.2 Å². The first-order valence-corrected chi connectivity index (χ1v) is 24.0. The third-order valence-corrected chi connectivity index (χ3v) is 13.4. The van der Waals surface area contributed by atoms with Crippen molar-refractivity contribution in [2.24, 2.45) is 11.8 Å². The van der Waals surface area contributed by atoms with Gasteiger partial charge in [-0.15, -0.1) is 0 Å². The molecule has 9 rings (SSSR count). The van der Waals surface area contributed by atoms with Crippen molar-refractivity contribution in [3.63, 3.8) is 0 Å². The van der Waals surface area contributed by atoms with Gasteiger partial charge in [0.05, 0.1) is 86.1 Å². The summed E-state index contributed by atoms with van der Waals surface area (Å²) in [5.41, 5.74) is 4.33. The first kappa shape index (κ1) is 49.5. The number of H-pyrrole nitrogens is 2. The summed E-state index contributed by atoms with van der Waals surface area (Å²) in [5.74, 6) is -0.600. The fourth-order valence-electron chi connectivity index (χ4n) is 9.97. The third-order valence-electron chi connectivity index (χ3n) is 13.4. The van der Waals surface area contributed by atoms with Gasteiger partial charge in [-0.2, -0.15) is 0 Å². The molecule has 0 spiro atoms. The van der Waals surface area contributed by atoms with E-state index in [1.54, 1.807) is 40.0 Å². The Hall–Kier alpha value is -7.51. The number of halogens is 3. The van der Waals surface area contributed by atoms with Crippen molar-refractivity contribution in [2.45, 2.75) is 103 Å². The average Bonchev–Trinajstić information content (AvgIpc) is 4.21. The number of aromatic nitrogens is 5. The SMILES string of the molecule is COC(=O)N[C@@H](C(=O)N1C[C@H](F)C[C@H]1c1ncc(-c2cc(F)c3c(c2)OC(c2cccc(OC(C)C)c2)n2c-3cc3cc(-c4cnc([C@@H]5C[C@@H](F)CN5C(=O)[C@H](NC(=O)OC)C(C)C)[nH]4)ccc32)[nH]1)C(C)C. The van der Waals surface area contributed by atoms with Crippen LogP contribution >= 0.6 is 0 Å². The number of nitrogens with zero attached hydrogens (tertiary/aromatic N) is 5. The van der Waals surface area contributed by atoms with E-state index in [4.69, 9.17) is 18.9 Å². The van der Waals surface area contributed by atoms with Crippen molar-refractivity contribution in [3.8, 4) is 45.3 Å². The Morgan fingerprint density at radius 3 is 1.85 bits per heavy atom. The number of nitrogens with one attached hydrogen (secondary N) is 4. The second-order valence-corrected chi connectivity index (χ2v) is 19.5. The molecule has 72 heavy (non-hydrogen) atoms. The summed E-state index contributed by atoms with van der Waals surface area (Å²) in [4.78, 5) is 70.4. The number of hydrogen-bond donors (Lipinski definition) is 4. The van der Waals surface area contributed by atoms with Crippen molar-refractivity contribution in [1.82, 2.24) is 44.9 Å². The average molecular weight is 994 g/mol. The Bertz CT molecular complexity index is 3020. The number of likely N-dealkylation sites (tertiary alicyclic amines) is 2. The number of imidazole rings is 2. The number of carbonyl (C=O) groups excluding carboxylic acids is 4.